The SMILES string of the molecule is COc1ccc2c(c1)c(C=C1Oc3cc(O)ccc3C1=O)c(C)n2CCCN1CCCCC1. The van der Waals surface area contributed by atoms with Crippen molar-refractivity contribution in [3.8, 4) is 17.2 Å². The summed E-state index contributed by atoms with van der Waals surface area (Å²) in [5.41, 5.74) is 3.65. The Hall–Kier alpha value is -3.25. The van der Waals surface area contributed by atoms with Crippen LogP contribution in [0.2, 0.25) is 0 Å². The van der Waals surface area contributed by atoms with Gasteiger partial charge in [0.1, 0.15) is 17.2 Å². The van der Waals surface area contributed by atoms with Gasteiger partial charge in [-0.15, -0.1) is 0 Å². The third-order valence-corrected chi connectivity index (χ3v) is 6.81. The highest BCUT2D eigenvalue weighted by Gasteiger charge is 2.28. The number of benzene rings is 2. The molecule has 6 nitrogen and oxygen atoms in total. The molecule has 0 amide bonds. The van der Waals surface area contributed by atoms with Crippen molar-refractivity contribution in [3.63, 3.8) is 0 Å². The number of piperidine rings is 1. The normalized spacial score (nSPS) is 17.5. The third-order valence-electron chi connectivity index (χ3n) is 6.81. The first-order valence-corrected chi connectivity index (χ1v) is 11.7. The van der Waals surface area contributed by atoms with E-state index in [1.54, 1.807) is 13.2 Å². The Balaban J connectivity index is 1.48. The van der Waals surface area contributed by atoms with E-state index in [-0.39, 0.29) is 17.3 Å². The molecule has 3 aromatic rings. The Bertz CT molecular complexity index is 1230. The van der Waals surface area contributed by atoms with Gasteiger partial charge < -0.3 is 24.0 Å². The van der Waals surface area contributed by atoms with E-state index >= 15 is 0 Å². The number of hydrogen-bond donors (Lipinski definition) is 1. The summed E-state index contributed by atoms with van der Waals surface area (Å²) in [4.78, 5) is 15.5. The summed E-state index contributed by atoms with van der Waals surface area (Å²) in [5, 5.41) is 10.8. The summed E-state index contributed by atoms with van der Waals surface area (Å²) in [6, 6.07) is 10.7. The number of fused-ring (bicyclic) bond motifs is 2. The number of allylic oxidation sites excluding steroid dienone is 1. The van der Waals surface area contributed by atoms with Crippen LogP contribution in [0.4, 0.5) is 0 Å². The minimum Gasteiger partial charge on any atom is -0.508 e. The van der Waals surface area contributed by atoms with Crippen LogP contribution in [-0.4, -0.2) is 47.1 Å². The number of nitrogens with zero attached hydrogens (tertiary/aromatic N) is 2. The number of likely N-dealkylation sites (tertiary alicyclic amines) is 1. The molecule has 0 atom stereocenters. The number of carbonyl (C=O) groups is 1. The quantitative estimate of drug-likeness (QED) is 0.530. The number of hydrogen-bond acceptors (Lipinski definition) is 5. The number of aromatic hydroxyl groups is 1. The van der Waals surface area contributed by atoms with Crippen LogP contribution in [0.3, 0.4) is 0 Å². The average molecular weight is 447 g/mol. The van der Waals surface area contributed by atoms with Gasteiger partial charge in [0.15, 0.2) is 5.76 Å². The molecular formula is C27H30N2O4. The molecule has 1 saturated heterocycles. The Kier molecular flexibility index (Phi) is 5.85. The van der Waals surface area contributed by atoms with Gasteiger partial charge >= 0.3 is 0 Å². The van der Waals surface area contributed by atoms with Gasteiger partial charge in [0, 0.05) is 34.8 Å². The third kappa shape index (κ3) is 4.11. The lowest BCUT2D eigenvalue weighted by atomic mass is 10.1. The molecule has 33 heavy (non-hydrogen) atoms. The van der Waals surface area contributed by atoms with Gasteiger partial charge in [-0.25, -0.2) is 0 Å². The fraction of sp³-hybridized carbons (Fsp3) is 0.370. The number of carbonyl (C=O) groups excluding carboxylic acids is 1. The molecule has 0 radical (unpaired) electrons. The van der Waals surface area contributed by atoms with Crippen molar-refractivity contribution in [2.24, 2.45) is 0 Å². The maximum atomic E-state index is 12.9. The summed E-state index contributed by atoms with van der Waals surface area (Å²) in [7, 11) is 1.66. The number of aryl methyl sites for hydroxylation is 1. The van der Waals surface area contributed by atoms with Crippen LogP contribution in [0.25, 0.3) is 17.0 Å². The van der Waals surface area contributed by atoms with Crippen LogP contribution >= 0.6 is 0 Å². The molecule has 0 aliphatic carbocycles. The highest BCUT2D eigenvalue weighted by Crippen LogP contribution is 2.37. The van der Waals surface area contributed by atoms with E-state index in [9.17, 15) is 9.90 Å². The molecule has 1 N–H and O–H groups in total. The van der Waals surface area contributed by atoms with Crippen molar-refractivity contribution < 1.29 is 19.4 Å². The highest BCUT2D eigenvalue weighted by atomic mass is 16.5. The van der Waals surface area contributed by atoms with E-state index in [1.807, 2.05) is 18.2 Å². The molecule has 0 bridgehead atoms. The number of Topliss-reactive ketones (excluding diaryl/α,β-unsaturated/α-hetero) is 1. The summed E-state index contributed by atoms with van der Waals surface area (Å²) < 4.78 is 13.7. The molecule has 1 fully saturated rings. The fourth-order valence-corrected chi connectivity index (χ4v) is 5.03. The van der Waals surface area contributed by atoms with Gasteiger partial charge in [-0.2, -0.15) is 0 Å². The van der Waals surface area contributed by atoms with Crippen molar-refractivity contribution in [2.75, 3.05) is 26.7 Å². The second-order valence-electron chi connectivity index (χ2n) is 8.91. The molecule has 2 aromatic carbocycles. The summed E-state index contributed by atoms with van der Waals surface area (Å²) in [6.45, 7) is 6.52. The van der Waals surface area contributed by atoms with Crippen LogP contribution in [0.5, 0.6) is 17.2 Å². The number of ether oxygens (including phenoxy) is 2. The largest absolute Gasteiger partial charge is 0.508 e. The second-order valence-corrected chi connectivity index (χ2v) is 8.91. The summed E-state index contributed by atoms with van der Waals surface area (Å²) in [5.74, 6) is 1.35. The summed E-state index contributed by atoms with van der Waals surface area (Å²) >= 11 is 0. The molecule has 2 aliphatic rings. The van der Waals surface area contributed by atoms with Gasteiger partial charge in [-0.05, 0) is 82.2 Å². The fourth-order valence-electron chi connectivity index (χ4n) is 5.03. The molecule has 2 aliphatic heterocycles. The van der Waals surface area contributed by atoms with Crippen LogP contribution in [0.1, 0.15) is 47.3 Å². The van der Waals surface area contributed by atoms with Crippen molar-refractivity contribution in [2.45, 2.75) is 39.2 Å². The van der Waals surface area contributed by atoms with Gasteiger partial charge in [0.05, 0.1) is 12.7 Å². The molecular weight excluding hydrogens is 416 g/mol. The molecule has 3 heterocycles. The standard InChI is InChI=1S/C27H30N2O4/c1-18-22(17-26-27(31)21-9-7-19(30)15-25(21)33-26)23-16-20(32-2)8-10-24(23)29(18)14-6-13-28-11-4-3-5-12-28/h7-10,15-17,30H,3-6,11-14H2,1-2H3. The number of ketones is 1. The molecule has 0 spiro atoms. The van der Waals surface area contributed by atoms with Crippen LogP contribution < -0.4 is 9.47 Å². The van der Waals surface area contributed by atoms with Crippen molar-refractivity contribution in [1.82, 2.24) is 9.47 Å². The van der Waals surface area contributed by atoms with E-state index in [2.05, 4.69) is 22.5 Å². The Morgan fingerprint density at radius 3 is 2.70 bits per heavy atom. The predicted molar refractivity (Wildman–Crippen MR) is 129 cm³/mol. The molecule has 0 saturated carbocycles. The number of phenols is 1. The zero-order valence-corrected chi connectivity index (χ0v) is 19.3. The molecule has 1 aromatic heterocycles. The van der Waals surface area contributed by atoms with Gasteiger partial charge in [-0.1, -0.05) is 6.42 Å². The lowest BCUT2D eigenvalue weighted by Crippen LogP contribution is -2.31. The lowest BCUT2D eigenvalue weighted by molar-refractivity contribution is 0.101. The van der Waals surface area contributed by atoms with E-state index < -0.39 is 0 Å². The predicted octanol–water partition coefficient (Wildman–Crippen LogP) is 5.16. The lowest BCUT2D eigenvalue weighted by Gasteiger charge is -2.26. The van der Waals surface area contributed by atoms with Gasteiger partial charge in [0.2, 0.25) is 5.78 Å². The minimum atomic E-state index is -0.168. The molecule has 6 heteroatoms. The van der Waals surface area contributed by atoms with Crippen molar-refractivity contribution in [1.29, 1.82) is 0 Å². The number of methoxy groups -OCH3 is 1. The van der Waals surface area contributed by atoms with E-state index in [4.69, 9.17) is 9.47 Å². The average Bonchev–Trinajstić information content (AvgIpc) is 3.27. The zero-order chi connectivity index (χ0) is 22.9. The first-order chi connectivity index (χ1) is 16.0. The zero-order valence-electron chi connectivity index (χ0n) is 19.3. The maximum Gasteiger partial charge on any atom is 0.231 e. The molecule has 0 unspecified atom stereocenters. The number of aromatic nitrogens is 1. The Morgan fingerprint density at radius 1 is 1.09 bits per heavy atom. The van der Waals surface area contributed by atoms with Gasteiger partial charge in [-0.3, -0.25) is 4.79 Å². The monoisotopic (exact) mass is 446 g/mol. The Labute approximate surface area is 194 Å². The van der Waals surface area contributed by atoms with Gasteiger partial charge in [0.25, 0.3) is 0 Å². The number of rotatable bonds is 6. The molecule has 5 rings (SSSR count). The number of phenolic OH excluding ortho intramolecular Hbond substituents is 1. The minimum absolute atomic E-state index is 0.0778. The van der Waals surface area contributed by atoms with Crippen molar-refractivity contribution >= 4 is 22.8 Å². The van der Waals surface area contributed by atoms with E-state index in [0.717, 1.165) is 47.4 Å². The topological polar surface area (TPSA) is 63.9 Å². The van der Waals surface area contributed by atoms with Crippen LogP contribution in [0, 0.1) is 6.92 Å². The smallest absolute Gasteiger partial charge is 0.231 e. The van der Waals surface area contributed by atoms with E-state index in [1.165, 1.54) is 44.5 Å². The van der Waals surface area contributed by atoms with Crippen molar-refractivity contribution in [3.05, 3.63) is 59.0 Å². The van der Waals surface area contributed by atoms with Crippen LogP contribution in [-0.2, 0) is 6.54 Å². The summed E-state index contributed by atoms with van der Waals surface area (Å²) in [6.07, 6.45) is 6.86. The highest BCUT2D eigenvalue weighted by molar-refractivity contribution is 6.15. The second kappa shape index (κ2) is 8.94. The Morgan fingerprint density at radius 2 is 1.91 bits per heavy atom. The molecule has 172 valence electrons. The first kappa shape index (κ1) is 21.6. The van der Waals surface area contributed by atoms with Crippen LogP contribution in [0.15, 0.2) is 42.2 Å². The van der Waals surface area contributed by atoms with E-state index in [0.29, 0.717) is 11.3 Å². The maximum absolute atomic E-state index is 12.9. The first-order valence-electron chi connectivity index (χ1n) is 11.7.